The minimum absolute atomic E-state index is 0.170. The van der Waals surface area contributed by atoms with Gasteiger partial charge in [-0.25, -0.2) is 4.98 Å². The molecule has 0 radical (unpaired) electrons. The average molecular weight is 363 g/mol. The Labute approximate surface area is 159 Å². The Kier molecular flexibility index (Phi) is 6.26. The molecule has 1 heterocycles. The largest absolute Gasteiger partial charge is 0.492 e. The second kappa shape index (κ2) is 9.03. The average Bonchev–Trinajstić information content (AvgIpc) is 3.06. The van der Waals surface area contributed by atoms with Crippen LogP contribution in [0.3, 0.4) is 0 Å². The van der Waals surface area contributed by atoms with E-state index in [0.29, 0.717) is 26.1 Å². The number of carbonyl (C=O) groups is 1. The van der Waals surface area contributed by atoms with Gasteiger partial charge in [-0.1, -0.05) is 37.8 Å². The number of carbonyl (C=O) groups excluding carboxylic acids is 1. The van der Waals surface area contributed by atoms with E-state index in [4.69, 9.17) is 9.72 Å². The highest BCUT2D eigenvalue weighted by molar-refractivity contribution is 5.86. The zero-order valence-corrected chi connectivity index (χ0v) is 15.6. The fraction of sp³-hybridized carbons (Fsp3) is 0.273. The van der Waals surface area contributed by atoms with Crippen molar-refractivity contribution in [1.82, 2.24) is 14.9 Å². The van der Waals surface area contributed by atoms with Gasteiger partial charge in [0.15, 0.2) is 0 Å². The molecule has 0 aliphatic carbocycles. The summed E-state index contributed by atoms with van der Waals surface area (Å²) in [6.45, 7) is 7.38. The standard InChI is InChI=1S/C22H25N3O2/c1-3-17-9-11-18(12-10-17)27-16-15-25-20-8-6-5-7-19(20)24-21(25)13-14-23-22(26)4-2/h4-12H,2-3,13-16H2,1H3,(H,23,26). The maximum atomic E-state index is 11.4. The van der Waals surface area contributed by atoms with Crippen LogP contribution in [0.15, 0.2) is 61.2 Å². The zero-order valence-electron chi connectivity index (χ0n) is 15.6. The molecule has 1 N–H and O–H groups in total. The number of nitrogens with one attached hydrogen (secondary N) is 1. The van der Waals surface area contributed by atoms with E-state index in [1.165, 1.54) is 11.6 Å². The Morgan fingerprint density at radius 1 is 1.22 bits per heavy atom. The molecule has 1 amide bonds. The number of aromatic nitrogens is 2. The summed E-state index contributed by atoms with van der Waals surface area (Å²) in [5, 5.41) is 2.80. The molecule has 0 saturated carbocycles. The van der Waals surface area contributed by atoms with Crippen molar-refractivity contribution in [3.63, 3.8) is 0 Å². The van der Waals surface area contributed by atoms with Gasteiger partial charge in [-0.15, -0.1) is 0 Å². The summed E-state index contributed by atoms with van der Waals surface area (Å²) in [6, 6.07) is 16.3. The number of ether oxygens (including phenoxy) is 1. The summed E-state index contributed by atoms with van der Waals surface area (Å²) in [4.78, 5) is 16.1. The molecule has 0 aliphatic rings. The predicted molar refractivity (Wildman–Crippen MR) is 108 cm³/mol. The number of rotatable bonds is 9. The van der Waals surface area contributed by atoms with Gasteiger partial charge >= 0.3 is 0 Å². The van der Waals surface area contributed by atoms with E-state index in [0.717, 1.165) is 29.0 Å². The number of nitrogens with zero attached hydrogens (tertiary/aromatic N) is 2. The Balaban J connectivity index is 1.68. The lowest BCUT2D eigenvalue weighted by molar-refractivity contribution is -0.116. The topological polar surface area (TPSA) is 56.2 Å². The van der Waals surface area contributed by atoms with Gasteiger partial charge in [0, 0.05) is 13.0 Å². The number of amides is 1. The summed E-state index contributed by atoms with van der Waals surface area (Å²) in [5.74, 6) is 1.64. The number of imidazole rings is 1. The van der Waals surface area contributed by atoms with Crippen molar-refractivity contribution in [1.29, 1.82) is 0 Å². The van der Waals surface area contributed by atoms with Crippen molar-refractivity contribution in [3.05, 3.63) is 72.6 Å². The van der Waals surface area contributed by atoms with E-state index in [9.17, 15) is 4.79 Å². The van der Waals surface area contributed by atoms with Crippen LogP contribution < -0.4 is 10.1 Å². The van der Waals surface area contributed by atoms with Crippen molar-refractivity contribution >= 4 is 16.9 Å². The van der Waals surface area contributed by atoms with Crippen molar-refractivity contribution in [2.45, 2.75) is 26.3 Å². The molecular weight excluding hydrogens is 338 g/mol. The van der Waals surface area contributed by atoms with Gasteiger partial charge in [0.1, 0.15) is 18.2 Å². The van der Waals surface area contributed by atoms with Crippen molar-refractivity contribution < 1.29 is 9.53 Å². The van der Waals surface area contributed by atoms with Gasteiger partial charge in [0.05, 0.1) is 17.6 Å². The molecule has 5 heteroatoms. The lowest BCUT2D eigenvalue weighted by Gasteiger charge is -2.11. The highest BCUT2D eigenvalue weighted by Crippen LogP contribution is 2.17. The van der Waals surface area contributed by atoms with E-state index in [1.54, 1.807) is 0 Å². The minimum Gasteiger partial charge on any atom is -0.492 e. The van der Waals surface area contributed by atoms with Crippen LogP contribution in [0.1, 0.15) is 18.3 Å². The van der Waals surface area contributed by atoms with Gasteiger partial charge in [-0.2, -0.15) is 0 Å². The van der Waals surface area contributed by atoms with Crippen LogP contribution in [0.25, 0.3) is 11.0 Å². The molecule has 0 spiro atoms. The third-order valence-electron chi connectivity index (χ3n) is 4.48. The van der Waals surface area contributed by atoms with Crippen molar-refractivity contribution in [3.8, 4) is 5.75 Å². The second-order valence-electron chi connectivity index (χ2n) is 6.26. The minimum atomic E-state index is -0.170. The first-order valence-electron chi connectivity index (χ1n) is 9.27. The summed E-state index contributed by atoms with van der Waals surface area (Å²) in [5.41, 5.74) is 3.33. The van der Waals surface area contributed by atoms with E-state index in [2.05, 4.69) is 41.6 Å². The Morgan fingerprint density at radius 3 is 2.74 bits per heavy atom. The highest BCUT2D eigenvalue weighted by Gasteiger charge is 2.10. The van der Waals surface area contributed by atoms with Crippen LogP contribution in [0, 0.1) is 0 Å². The van der Waals surface area contributed by atoms with Gasteiger partial charge < -0.3 is 14.6 Å². The Hall–Kier alpha value is -3.08. The molecule has 0 saturated heterocycles. The molecule has 0 unspecified atom stereocenters. The van der Waals surface area contributed by atoms with Crippen LogP contribution in [-0.4, -0.2) is 28.6 Å². The molecule has 0 aliphatic heterocycles. The number of aryl methyl sites for hydroxylation is 1. The van der Waals surface area contributed by atoms with Gasteiger partial charge in [0.2, 0.25) is 5.91 Å². The molecule has 1 aromatic heterocycles. The van der Waals surface area contributed by atoms with E-state index < -0.39 is 0 Å². The third kappa shape index (κ3) is 4.76. The Morgan fingerprint density at radius 2 is 2.00 bits per heavy atom. The monoisotopic (exact) mass is 363 g/mol. The molecule has 0 fully saturated rings. The van der Waals surface area contributed by atoms with E-state index >= 15 is 0 Å². The molecule has 140 valence electrons. The zero-order chi connectivity index (χ0) is 19.1. The number of hydrogen-bond acceptors (Lipinski definition) is 3. The molecule has 0 bridgehead atoms. The van der Waals surface area contributed by atoms with Crippen LogP contribution >= 0.6 is 0 Å². The van der Waals surface area contributed by atoms with Crippen LogP contribution in [0.5, 0.6) is 5.75 Å². The number of fused-ring (bicyclic) bond motifs is 1. The third-order valence-corrected chi connectivity index (χ3v) is 4.48. The van der Waals surface area contributed by atoms with Gasteiger partial charge in [-0.05, 0) is 42.3 Å². The fourth-order valence-electron chi connectivity index (χ4n) is 3.01. The molecule has 2 aromatic carbocycles. The molecule has 3 rings (SSSR count). The normalized spacial score (nSPS) is 10.7. The molecule has 27 heavy (non-hydrogen) atoms. The summed E-state index contributed by atoms with van der Waals surface area (Å²) in [6.07, 6.45) is 2.95. The van der Waals surface area contributed by atoms with E-state index in [1.807, 2.05) is 30.3 Å². The maximum Gasteiger partial charge on any atom is 0.243 e. The van der Waals surface area contributed by atoms with Crippen LogP contribution in [-0.2, 0) is 24.2 Å². The smallest absolute Gasteiger partial charge is 0.243 e. The highest BCUT2D eigenvalue weighted by atomic mass is 16.5. The number of para-hydroxylation sites is 2. The van der Waals surface area contributed by atoms with Crippen LogP contribution in [0.2, 0.25) is 0 Å². The number of hydrogen-bond donors (Lipinski definition) is 1. The molecule has 5 nitrogen and oxygen atoms in total. The quantitative estimate of drug-likeness (QED) is 0.592. The molecule has 3 aromatic rings. The molecule has 0 atom stereocenters. The predicted octanol–water partition coefficient (Wildman–Crippen LogP) is 3.52. The van der Waals surface area contributed by atoms with Crippen molar-refractivity contribution in [2.24, 2.45) is 0 Å². The summed E-state index contributed by atoms with van der Waals surface area (Å²) >= 11 is 0. The number of benzene rings is 2. The lowest BCUT2D eigenvalue weighted by Crippen LogP contribution is -2.24. The SMILES string of the molecule is C=CC(=O)NCCc1nc2ccccc2n1CCOc1ccc(CC)cc1. The van der Waals surface area contributed by atoms with Crippen molar-refractivity contribution in [2.75, 3.05) is 13.2 Å². The van der Waals surface area contributed by atoms with Gasteiger partial charge in [0.25, 0.3) is 0 Å². The first-order valence-corrected chi connectivity index (χ1v) is 9.27. The Bertz CT molecular complexity index is 913. The molecular formula is C22H25N3O2. The second-order valence-corrected chi connectivity index (χ2v) is 6.26. The van der Waals surface area contributed by atoms with E-state index in [-0.39, 0.29) is 5.91 Å². The fourth-order valence-corrected chi connectivity index (χ4v) is 3.01. The summed E-state index contributed by atoms with van der Waals surface area (Å²) in [7, 11) is 0. The van der Waals surface area contributed by atoms with Crippen LogP contribution in [0.4, 0.5) is 0 Å². The summed E-state index contributed by atoms with van der Waals surface area (Å²) < 4.78 is 8.07. The lowest BCUT2D eigenvalue weighted by atomic mass is 10.2. The van der Waals surface area contributed by atoms with Gasteiger partial charge in [-0.3, -0.25) is 4.79 Å². The maximum absolute atomic E-state index is 11.4. The first-order chi connectivity index (χ1) is 13.2. The first kappa shape index (κ1) is 18.7.